The molecule has 5 nitrogen and oxygen atoms in total. The number of aromatic nitrogens is 3. The molecule has 1 saturated carbocycles. The van der Waals surface area contributed by atoms with Crippen molar-refractivity contribution in [3.8, 4) is 11.3 Å². The van der Waals surface area contributed by atoms with Gasteiger partial charge in [0, 0.05) is 35.6 Å². The molecule has 8 heteroatoms. The van der Waals surface area contributed by atoms with Crippen molar-refractivity contribution < 1.29 is 13.9 Å². The number of nitrogens with zero attached hydrogens (tertiary/aromatic N) is 3. The molecule has 2 aromatic rings. The molecule has 1 fully saturated rings. The van der Waals surface area contributed by atoms with E-state index in [1.807, 2.05) is 0 Å². The van der Waals surface area contributed by atoms with Crippen LogP contribution in [0.5, 0.6) is 0 Å². The first-order valence-electron chi connectivity index (χ1n) is 7.87. The second-order valence-corrected chi connectivity index (χ2v) is 6.62. The van der Waals surface area contributed by atoms with Gasteiger partial charge in [-0.15, -0.1) is 0 Å². The van der Waals surface area contributed by atoms with Crippen molar-refractivity contribution in [2.24, 2.45) is 5.41 Å². The summed E-state index contributed by atoms with van der Waals surface area (Å²) in [5, 5.41) is 17.2. The topological polar surface area (TPSA) is 63.0 Å². The highest BCUT2D eigenvalue weighted by Crippen LogP contribution is 2.38. The summed E-state index contributed by atoms with van der Waals surface area (Å²) in [6, 6.07) is 3.16. The Morgan fingerprint density at radius 2 is 2.12 bits per heavy atom. The number of hydrogen-bond acceptors (Lipinski definition) is 4. The van der Waals surface area contributed by atoms with Crippen LogP contribution < -0.4 is 5.32 Å². The minimum atomic E-state index is -2.69. The predicted molar refractivity (Wildman–Crippen MR) is 88.2 cm³/mol. The van der Waals surface area contributed by atoms with E-state index >= 15 is 0 Å². The van der Waals surface area contributed by atoms with Crippen molar-refractivity contribution >= 4 is 17.3 Å². The van der Waals surface area contributed by atoms with Crippen LogP contribution in [0.25, 0.3) is 11.3 Å². The molecule has 1 aliphatic carbocycles. The van der Waals surface area contributed by atoms with Crippen molar-refractivity contribution in [3.05, 3.63) is 29.7 Å². The molecule has 0 atom stereocenters. The number of halogens is 3. The fourth-order valence-corrected chi connectivity index (χ4v) is 3.33. The first-order chi connectivity index (χ1) is 11.5. The smallest absolute Gasteiger partial charge is 0.333 e. The van der Waals surface area contributed by atoms with Crippen LogP contribution in [-0.4, -0.2) is 33.0 Å². The lowest BCUT2D eigenvalue weighted by molar-refractivity contribution is 0.0568. The molecule has 2 heterocycles. The maximum absolute atomic E-state index is 12.7. The maximum Gasteiger partial charge on any atom is 0.333 e. The number of hydrogen-bond donors (Lipinski definition) is 2. The zero-order valence-corrected chi connectivity index (χ0v) is 13.8. The summed E-state index contributed by atoms with van der Waals surface area (Å²) >= 11 is 5.98. The zero-order valence-electron chi connectivity index (χ0n) is 13.1. The van der Waals surface area contributed by atoms with E-state index in [2.05, 4.69) is 15.4 Å². The molecule has 2 N–H and O–H groups in total. The fraction of sp³-hybridized carbons (Fsp3) is 0.500. The van der Waals surface area contributed by atoms with Crippen molar-refractivity contribution in [1.29, 1.82) is 0 Å². The molecular weight excluding hydrogens is 338 g/mol. The van der Waals surface area contributed by atoms with Crippen molar-refractivity contribution in [2.75, 3.05) is 18.5 Å². The van der Waals surface area contributed by atoms with Gasteiger partial charge in [0.15, 0.2) is 0 Å². The Morgan fingerprint density at radius 3 is 2.75 bits per heavy atom. The van der Waals surface area contributed by atoms with Gasteiger partial charge >= 0.3 is 6.55 Å². The normalized spacial score (nSPS) is 16.7. The molecule has 0 aromatic carbocycles. The van der Waals surface area contributed by atoms with E-state index in [4.69, 9.17) is 11.6 Å². The summed E-state index contributed by atoms with van der Waals surface area (Å²) in [5.41, 5.74) is 1.53. The van der Waals surface area contributed by atoms with E-state index in [0.717, 1.165) is 25.7 Å². The summed E-state index contributed by atoms with van der Waals surface area (Å²) in [4.78, 5) is 4.03. The number of pyridine rings is 1. The summed E-state index contributed by atoms with van der Waals surface area (Å²) in [7, 11) is 0. The Morgan fingerprint density at radius 1 is 1.38 bits per heavy atom. The van der Waals surface area contributed by atoms with E-state index in [1.165, 1.54) is 18.5 Å². The number of anilines is 1. The van der Waals surface area contributed by atoms with E-state index < -0.39 is 6.55 Å². The molecular formula is C16H19ClF2N4O. The molecule has 0 saturated heterocycles. The number of aliphatic hydroxyl groups excluding tert-OH is 1. The molecule has 130 valence electrons. The molecule has 2 aromatic heterocycles. The highest BCUT2D eigenvalue weighted by atomic mass is 35.5. The van der Waals surface area contributed by atoms with Crippen molar-refractivity contribution in [2.45, 2.75) is 32.2 Å². The molecule has 0 radical (unpaired) electrons. The summed E-state index contributed by atoms with van der Waals surface area (Å²) in [5.74, 6) is 0. The summed E-state index contributed by atoms with van der Waals surface area (Å²) < 4.78 is 26.1. The van der Waals surface area contributed by atoms with Crippen molar-refractivity contribution in [3.63, 3.8) is 0 Å². The standard InChI is InChI=1S/C16H19ClF2N4O/c17-14-7-13(21-9-16(10-24)4-1-2-5-16)11(8-20-14)12-3-6-23(22-12)15(18)19/h3,6-8,15,24H,1-2,4-5,9-10H2,(H,20,21). The van der Waals surface area contributed by atoms with Gasteiger partial charge in [-0.1, -0.05) is 24.4 Å². The SMILES string of the molecule is OCC1(CNc2cc(Cl)ncc2-c2ccn(C(F)F)n2)CCCC1. The van der Waals surface area contributed by atoms with Crippen LogP contribution in [0.15, 0.2) is 24.5 Å². The molecule has 0 unspecified atom stereocenters. The third-order valence-corrected chi connectivity index (χ3v) is 4.82. The van der Waals surface area contributed by atoms with Gasteiger partial charge in [0.2, 0.25) is 0 Å². The van der Waals surface area contributed by atoms with Crippen LogP contribution >= 0.6 is 11.6 Å². The highest BCUT2D eigenvalue weighted by molar-refractivity contribution is 6.29. The highest BCUT2D eigenvalue weighted by Gasteiger charge is 2.33. The molecule has 3 rings (SSSR count). The fourth-order valence-electron chi connectivity index (χ4n) is 3.17. The quantitative estimate of drug-likeness (QED) is 0.769. The van der Waals surface area contributed by atoms with Gasteiger partial charge in [0.1, 0.15) is 5.15 Å². The van der Waals surface area contributed by atoms with Gasteiger partial charge in [-0.05, 0) is 25.0 Å². The summed E-state index contributed by atoms with van der Waals surface area (Å²) in [6.07, 6.45) is 6.87. The molecule has 0 spiro atoms. The lowest BCUT2D eigenvalue weighted by Crippen LogP contribution is -2.30. The van der Waals surface area contributed by atoms with Crippen LogP contribution in [0.3, 0.4) is 0 Å². The van der Waals surface area contributed by atoms with E-state index in [1.54, 1.807) is 6.07 Å². The second kappa shape index (κ2) is 7.03. The second-order valence-electron chi connectivity index (χ2n) is 6.23. The number of aliphatic hydroxyl groups is 1. The van der Waals surface area contributed by atoms with Crippen LogP contribution in [0.4, 0.5) is 14.5 Å². The molecule has 1 aliphatic rings. The Balaban J connectivity index is 1.85. The minimum Gasteiger partial charge on any atom is -0.396 e. The largest absolute Gasteiger partial charge is 0.396 e. The number of alkyl halides is 2. The van der Waals surface area contributed by atoms with Gasteiger partial charge in [0.05, 0.1) is 12.3 Å². The number of nitrogens with one attached hydrogen (secondary N) is 1. The molecule has 24 heavy (non-hydrogen) atoms. The Bertz CT molecular complexity index is 701. The number of rotatable bonds is 6. The predicted octanol–water partition coefficient (Wildman–Crippen LogP) is 3.96. The van der Waals surface area contributed by atoms with Crippen LogP contribution in [0, 0.1) is 5.41 Å². The van der Waals surface area contributed by atoms with E-state index in [0.29, 0.717) is 33.3 Å². The van der Waals surface area contributed by atoms with Gasteiger partial charge in [-0.3, -0.25) is 0 Å². The third-order valence-electron chi connectivity index (χ3n) is 4.61. The lowest BCUT2D eigenvalue weighted by atomic mass is 9.87. The Labute approximate surface area is 143 Å². The van der Waals surface area contributed by atoms with Crippen LogP contribution in [0.2, 0.25) is 5.15 Å². The first-order valence-corrected chi connectivity index (χ1v) is 8.25. The average molecular weight is 357 g/mol. The first kappa shape index (κ1) is 17.1. The Kier molecular flexibility index (Phi) is 5.01. The monoisotopic (exact) mass is 356 g/mol. The van der Waals surface area contributed by atoms with E-state index in [-0.39, 0.29) is 12.0 Å². The van der Waals surface area contributed by atoms with Gasteiger partial charge < -0.3 is 10.4 Å². The van der Waals surface area contributed by atoms with Gasteiger partial charge in [-0.2, -0.15) is 13.9 Å². The van der Waals surface area contributed by atoms with Gasteiger partial charge in [-0.25, -0.2) is 9.67 Å². The van der Waals surface area contributed by atoms with Crippen molar-refractivity contribution in [1.82, 2.24) is 14.8 Å². The zero-order chi connectivity index (χ0) is 17.2. The Hall–Kier alpha value is -1.73. The summed E-state index contributed by atoms with van der Waals surface area (Å²) in [6.45, 7) is -1.98. The maximum atomic E-state index is 12.7. The average Bonchev–Trinajstić information content (AvgIpc) is 3.23. The molecule has 0 bridgehead atoms. The van der Waals surface area contributed by atoms with Gasteiger partial charge in [0.25, 0.3) is 0 Å². The van der Waals surface area contributed by atoms with Crippen LogP contribution in [-0.2, 0) is 0 Å². The minimum absolute atomic E-state index is 0.119. The third kappa shape index (κ3) is 3.52. The lowest BCUT2D eigenvalue weighted by Gasteiger charge is -2.27. The van der Waals surface area contributed by atoms with Crippen LogP contribution in [0.1, 0.15) is 32.2 Å². The molecule has 0 aliphatic heterocycles. The molecule has 0 amide bonds. The van der Waals surface area contributed by atoms with E-state index in [9.17, 15) is 13.9 Å².